The van der Waals surface area contributed by atoms with E-state index >= 15 is 0 Å². The zero-order valence-electron chi connectivity index (χ0n) is 20.4. The first kappa shape index (κ1) is 25.5. The Morgan fingerprint density at radius 2 is 1.39 bits per heavy atom. The van der Waals surface area contributed by atoms with Crippen molar-refractivity contribution in [2.75, 3.05) is 17.6 Å². The minimum atomic E-state index is -3.72. The number of anilines is 1. The third kappa shape index (κ3) is 5.64. The fraction of sp³-hybridized carbons (Fsp3) is 0.138. The monoisotopic (exact) mass is 516 g/mol. The summed E-state index contributed by atoms with van der Waals surface area (Å²) in [5.41, 5.74) is 4.02. The molecule has 0 bridgehead atoms. The lowest BCUT2D eigenvalue weighted by Crippen LogP contribution is -2.29. The zero-order valence-corrected chi connectivity index (χ0v) is 22.0. The molecule has 184 valence electrons. The van der Waals surface area contributed by atoms with Gasteiger partial charge in [-0.25, -0.2) is 8.42 Å². The highest BCUT2D eigenvalue weighted by Crippen LogP contribution is 2.26. The van der Waals surface area contributed by atoms with Crippen molar-refractivity contribution in [1.29, 1.82) is 0 Å². The molecule has 0 radical (unpaired) electrons. The topological polar surface area (TPSA) is 66.5 Å². The molecule has 1 atom stereocenters. The Bertz CT molecular complexity index is 1420. The van der Waals surface area contributed by atoms with Gasteiger partial charge >= 0.3 is 0 Å². The van der Waals surface area contributed by atoms with Gasteiger partial charge in [0, 0.05) is 17.5 Å². The number of nitrogens with zero attached hydrogens (tertiary/aromatic N) is 1. The highest BCUT2D eigenvalue weighted by atomic mass is 32.2. The standard InChI is InChI=1S/C29H28N2O3S2/c1-21-9-11-23(12-10-21)28(22-7-5-4-6-8-22)30-29(32)24-13-15-25(16-14-24)31(2)36(33,34)27-19-17-26(35-3)18-20-27/h4-20,28H,1-3H3,(H,30,32)/t28-/m0/s1. The first-order valence-electron chi connectivity index (χ1n) is 11.4. The molecule has 0 saturated carbocycles. The molecule has 0 heterocycles. The average molecular weight is 517 g/mol. The number of hydrogen-bond acceptors (Lipinski definition) is 4. The van der Waals surface area contributed by atoms with E-state index in [4.69, 9.17) is 0 Å². The van der Waals surface area contributed by atoms with Gasteiger partial charge in [-0.2, -0.15) is 0 Å². The Kier molecular flexibility index (Phi) is 7.82. The molecule has 1 N–H and O–H groups in total. The van der Waals surface area contributed by atoms with Gasteiger partial charge in [0.05, 0.1) is 16.6 Å². The van der Waals surface area contributed by atoms with Gasteiger partial charge in [0.25, 0.3) is 15.9 Å². The van der Waals surface area contributed by atoms with E-state index < -0.39 is 10.0 Å². The lowest BCUT2D eigenvalue weighted by atomic mass is 9.97. The molecule has 4 aromatic carbocycles. The fourth-order valence-corrected chi connectivity index (χ4v) is 5.45. The predicted molar refractivity (Wildman–Crippen MR) is 147 cm³/mol. The van der Waals surface area contributed by atoms with Gasteiger partial charge in [-0.05, 0) is 72.8 Å². The largest absolute Gasteiger partial charge is 0.341 e. The molecular weight excluding hydrogens is 488 g/mol. The van der Waals surface area contributed by atoms with E-state index in [1.54, 1.807) is 60.3 Å². The third-order valence-corrected chi connectivity index (χ3v) is 8.57. The second-order valence-corrected chi connectivity index (χ2v) is 11.3. The van der Waals surface area contributed by atoms with Crippen molar-refractivity contribution < 1.29 is 13.2 Å². The number of amides is 1. The first-order valence-corrected chi connectivity index (χ1v) is 14.1. The molecule has 1 amide bonds. The molecule has 0 fully saturated rings. The Morgan fingerprint density at radius 1 is 0.806 bits per heavy atom. The Morgan fingerprint density at radius 3 is 1.97 bits per heavy atom. The quantitative estimate of drug-likeness (QED) is 0.289. The maximum absolute atomic E-state index is 13.2. The summed E-state index contributed by atoms with van der Waals surface area (Å²) < 4.78 is 27.4. The number of carbonyl (C=O) groups is 1. The molecule has 0 spiro atoms. The maximum Gasteiger partial charge on any atom is 0.264 e. The van der Waals surface area contributed by atoms with Crippen LogP contribution in [-0.4, -0.2) is 27.6 Å². The van der Waals surface area contributed by atoms with Gasteiger partial charge in [-0.15, -0.1) is 11.8 Å². The molecule has 36 heavy (non-hydrogen) atoms. The molecule has 4 aromatic rings. The third-order valence-electron chi connectivity index (χ3n) is 6.03. The van der Waals surface area contributed by atoms with Gasteiger partial charge in [0.2, 0.25) is 0 Å². The smallest absolute Gasteiger partial charge is 0.264 e. The molecule has 0 aliphatic heterocycles. The van der Waals surface area contributed by atoms with Crippen LogP contribution in [0.15, 0.2) is 113 Å². The highest BCUT2D eigenvalue weighted by Gasteiger charge is 2.22. The number of hydrogen-bond donors (Lipinski definition) is 1. The molecule has 4 rings (SSSR count). The summed E-state index contributed by atoms with van der Waals surface area (Å²) in [6.07, 6.45) is 1.94. The van der Waals surface area contributed by atoms with Gasteiger partial charge in [0.15, 0.2) is 0 Å². The summed E-state index contributed by atoms with van der Waals surface area (Å²) in [5.74, 6) is -0.242. The molecule has 0 unspecified atom stereocenters. The minimum Gasteiger partial charge on any atom is -0.341 e. The van der Waals surface area contributed by atoms with E-state index in [0.29, 0.717) is 11.3 Å². The second-order valence-electron chi connectivity index (χ2n) is 8.42. The Balaban J connectivity index is 1.54. The van der Waals surface area contributed by atoms with Crippen molar-refractivity contribution >= 4 is 33.4 Å². The van der Waals surface area contributed by atoms with Crippen molar-refractivity contribution in [3.05, 3.63) is 125 Å². The van der Waals surface area contributed by atoms with E-state index in [2.05, 4.69) is 5.32 Å². The normalized spacial score (nSPS) is 12.1. The van der Waals surface area contributed by atoms with E-state index in [1.807, 2.05) is 67.8 Å². The van der Waals surface area contributed by atoms with Crippen LogP contribution in [0, 0.1) is 6.92 Å². The maximum atomic E-state index is 13.2. The van der Waals surface area contributed by atoms with Crippen LogP contribution in [0.5, 0.6) is 0 Å². The van der Waals surface area contributed by atoms with E-state index in [-0.39, 0.29) is 16.8 Å². The number of benzene rings is 4. The van der Waals surface area contributed by atoms with E-state index in [1.165, 1.54) is 11.4 Å². The van der Waals surface area contributed by atoms with Crippen LogP contribution in [0.2, 0.25) is 0 Å². The average Bonchev–Trinajstić information content (AvgIpc) is 2.92. The SMILES string of the molecule is CSc1ccc(S(=O)(=O)N(C)c2ccc(C(=O)N[C@@H](c3ccccc3)c3ccc(C)cc3)cc2)cc1. The van der Waals surface area contributed by atoms with Gasteiger partial charge in [0.1, 0.15) is 0 Å². The minimum absolute atomic E-state index is 0.216. The van der Waals surface area contributed by atoms with Crippen molar-refractivity contribution in [2.24, 2.45) is 0 Å². The molecule has 5 nitrogen and oxygen atoms in total. The van der Waals surface area contributed by atoms with Crippen LogP contribution in [-0.2, 0) is 10.0 Å². The molecule has 7 heteroatoms. The van der Waals surface area contributed by atoms with Crippen LogP contribution >= 0.6 is 11.8 Å². The number of sulfonamides is 1. The summed E-state index contributed by atoms with van der Waals surface area (Å²) in [6, 6.07) is 30.9. The fourth-order valence-electron chi connectivity index (χ4n) is 3.85. The van der Waals surface area contributed by atoms with Crippen LogP contribution in [0.1, 0.15) is 33.1 Å². The predicted octanol–water partition coefficient (Wildman–Crippen LogP) is 6.06. The van der Waals surface area contributed by atoms with Crippen LogP contribution in [0.25, 0.3) is 0 Å². The summed E-state index contributed by atoms with van der Waals surface area (Å²) in [6.45, 7) is 2.03. The summed E-state index contributed by atoms with van der Waals surface area (Å²) in [4.78, 5) is 14.4. The first-order chi connectivity index (χ1) is 17.3. The summed E-state index contributed by atoms with van der Waals surface area (Å²) in [7, 11) is -2.21. The molecular formula is C29H28N2O3S2. The van der Waals surface area contributed by atoms with Gasteiger partial charge in [-0.1, -0.05) is 60.2 Å². The lowest BCUT2D eigenvalue weighted by molar-refractivity contribution is 0.0943. The zero-order chi connectivity index (χ0) is 25.7. The molecule has 0 aromatic heterocycles. The molecule has 0 saturated heterocycles. The van der Waals surface area contributed by atoms with Crippen LogP contribution in [0.3, 0.4) is 0 Å². The van der Waals surface area contributed by atoms with Crippen molar-refractivity contribution in [3.63, 3.8) is 0 Å². The van der Waals surface area contributed by atoms with Crippen LogP contribution in [0.4, 0.5) is 5.69 Å². The Labute approximate surface area is 217 Å². The summed E-state index contributed by atoms with van der Waals surface area (Å²) >= 11 is 1.55. The number of carbonyl (C=O) groups excluding carboxylic acids is 1. The summed E-state index contributed by atoms with van der Waals surface area (Å²) in [5, 5.41) is 3.13. The number of thioether (sulfide) groups is 1. The number of nitrogens with one attached hydrogen (secondary N) is 1. The van der Waals surface area contributed by atoms with E-state index in [0.717, 1.165) is 21.6 Å². The molecule has 0 aliphatic rings. The van der Waals surface area contributed by atoms with E-state index in [9.17, 15) is 13.2 Å². The lowest BCUT2D eigenvalue weighted by Gasteiger charge is -2.21. The van der Waals surface area contributed by atoms with Crippen molar-refractivity contribution in [1.82, 2.24) is 5.32 Å². The highest BCUT2D eigenvalue weighted by molar-refractivity contribution is 7.98. The van der Waals surface area contributed by atoms with Crippen LogP contribution < -0.4 is 9.62 Å². The van der Waals surface area contributed by atoms with Crippen molar-refractivity contribution in [3.8, 4) is 0 Å². The van der Waals surface area contributed by atoms with Crippen molar-refractivity contribution in [2.45, 2.75) is 22.8 Å². The Hall–Kier alpha value is -3.55. The number of aryl methyl sites for hydroxylation is 1. The van der Waals surface area contributed by atoms with Gasteiger partial charge < -0.3 is 5.32 Å². The number of rotatable bonds is 8. The molecule has 0 aliphatic carbocycles. The van der Waals surface area contributed by atoms with Gasteiger partial charge in [-0.3, -0.25) is 9.10 Å². The second kappa shape index (κ2) is 11.0.